The minimum atomic E-state index is 0. The van der Waals surface area contributed by atoms with Crippen molar-refractivity contribution >= 4 is 41.3 Å². The molecule has 2 heterocycles. The number of hydrogen-bond donors (Lipinski definition) is 2. The number of guanidine groups is 1. The van der Waals surface area contributed by atoms with Crippen molar-refractivity contribution in [2.45, 2.75) is 26.3 Å². The van der Waals surface area contributed by atoms with Gasteiger partial charge in [-0.2, -0.15) is 0 Å². The molecule has 138 valence electrons. The minimum Gasteiger partial charge on any atom is -0.383 e. The number of piperidine rings is 1. The van der Waals surface area contributed by atoms with Crippen LogP contribution in [0.25, 0.3) is 0 Å². The van der Waals surface area contributed by atoms with Crippen LogP contribution in [0.5, 0.6) is 0 Å². The van der Waals surface area contributed by atoms with Gasteiger partial charge in [0.25, 0.3) is 0 Å². The minimum absolute atomic E-state index is 0. The Morgan fingerprint density at radius 3 is 2.79 bits per heavy atom. The van der Waals surface area contributed by atoms with E-state index in [0.717, 1.165) is 44.7 Å². The van der Waals surface area contributed by atoms with Gasteiger partial charge in [0.1, 0.15) is 0 Å². The van der Waals surface area contributed by atoms with Crippen LogP contribution in [0.1, 0.15) is 24.6 Å². The van der Waals surface area contributed by atoms with Crippen molar-refractivity contribution in [2.75, 3.05) is 46.4 Å². The van der Waals surface area contributed by atoms with Crippen LogP contribution >= 0.6 is 35.3 Å². The summed E-state index contributed by atoms with van der Waals surface area (Å²) in [6.07, 6.45) is 2.50. The molecule has 0 aromatic carbocycles. The number of methoxy groups -OCH3 is 1. The van der Waals surface area contributed by atoms with E-state index in [2.05, 4.69) is 45.0 Å². The van der Waals surface area contributed by atoms with Crippen LogP contribution in [-0.2, 0) is 11.3 Å². The van der Waals surface area contributed by atoms with E-state index in [4.69, 9.17) is 4.74 Å². The zero-order valence-electron chi connectivity index (χ0n) is 14.8. The maximum atomic E-state index is 5.16. The van der Waals surface area contributed by atoms with E-state index in [1.54, 1.807) is 18.4 Å². The molecule has 5 nitrogen and oxygen atoms in total. The van der Waals surface area contributed by atoms with Gasteiger partial charge in [0.2, 0.25) is 0 Å². The van der Waals surface area contributed by atoms with E-state index in [1.165, 1.54) is 30.8 Å². The number of thiophene rings is 1. The third kappa shape index (κ3) is 8.13. The van der Waals surface area contributed by atoms with Crippen LogP contribution in [0.4, 0.5) is 0 Å². The van der Waals surface area contributed by atoms with Crippen molar-refractivity contribution in [3.63, 3.8) is 0 Å². The Balaban J connectivity index is 0.00000288. The lowest BCUT2D eigenvalue weighted by Gasteiger charge is -2.32. The molecule has 1 aromatic rings. The molecule has 0 bridgehead atoms. The van der Waals surface area contributed by atoms with Gasteiger partial charge in [-0.1, -0.05) is 6.07 Å². The molecule has 0 unspecified atom stereocenters. The topological polar surface area (TPSA) is 48.9 Å². The fraction of sp³-hybridized carbons (Fsp3) is 0.706. The number of nitrogens with one attached hydrogen (secondary N) is 2. The lowest BCUT2D eigenvalue weighted by Crippen LogP contribution is -2.43. The highest BCUT2D eigenvalue weighted by atomic mass is 127. The van der Waals surface area contributed by atoms with Gasteiger partial charge in [0.05, 0.1) is 13.2 Å². The second-order valence-electron chi connectivity index (χ2n) is 5.93. The summed E-state index contributed by atoms with van der Waals surface area (Å²) in [5.41, 5.74) is 0. The van der Waals surface area contributed by atoms with E-state index in [9.17, 15) is 0 Å². The molecular weight excluding hydrogens is 435 g/mol. The Bertz CT molecular complexity index is 447. The summed E-state index contributed by atoms with van der Waals surface area (Å²) in [5.74, 6) is 1.67. The van der Waals surface area contributed by atoms with Gasteiger partial charge in [0.15, 0.2) is 5.96 Å². The molecule has 0 amide bonds. The monoisotopic (exact) mass is 466 g/mol. The zero-order valence-corrected chi connectivity index (χ0v) is 17.9. The van der Waals surface area contributed by atoms with Crippen LogP contribution in [-0.4, -0.2) is 57.3 Å². The van der Waals surface area contributed by atoms with Crippen LogP contribution < -0.4 is 10.6 Å². The first-order valence-corrected chi connectivity index (χ1v) is 9.45. The van der Waals surface area contributed by atoms with E-state index in [0.29, 0.717) is 0 Å². The summed E-state index contributed by atoms with van der Waals surface area (Å²) >= 11 is 1.76. The quantitative estimate of drug-likeness (QED) is 0.352. The zero-order chi connectivity index (χ0) is 16.3. The number of rotatable bonds is 8. The second kappa shape index (κ2) is 12.9. The van der Waals surface area contributed by atoms with Crippen LogP contribution in [0.3, 0.4) is 0 Å². The standard InChI is InChI=1S/C17H30N4OS.HI/c1-3-18-17(20-14-16-5-4-12-23-16)19-13-15-6-8-21(9-7-15)10-11-22-2;/h4-5,12,15H,3,6-11,13-14H2,1-2H3,(H2,18,19,20);1H. The van der Waals surface area contributed by atoms with Crippen LogP contribution in [0, 0.1) is 5.92 Å². The average molecular weight is 466 g/mol. The second-order valence-corrected chi connectivity index (χ2v) is 6.97. The Hall–Kier alpha value is -0.380. The first-order valence-electron chi connectivity index (χ1n) is 8.57. The molecule has 1 aromatic heterocycles. The van der Waals surface area contributed by atoms with E-state index in [-0.39, 0.29) is 24.0 Å². The Labute approximate surface area is 167 Å². The highest BCUT2D eigenvalue weighted by Gasteiger charge is 2.18. The molecule has 0 radical (unpaired) electrons. The number of ether oxygens (including phenoxy) is 1. The van der Waals surface area contributed by atoms with Crippen molar-refractivity contribution in [3.8, 4) is 0 Å². The molecule has 1 aliphatic rings. The van der Waals surface area contributed by atoms with Gasteiger partial charge in [-0.15, -0.1) is 35.3 Å². The molecule has 1 aliphatic heterocycles. The molecule has 2 rings (SSSR count). The summed E-state index contributed by atoms with van der Waals surface area (Å²) in [6.45, 7) is 9.01. The van der Waals surface area contributed by atoms with Crippen molar-refractivity contribution < 1.29 is 4.74 Å². The van der Waals surface area contributed by atoms with Crippen LogP contribution in [0.15, 0.2) is 22.5 Å². The van der Waals surface area contributed by atoms with Crippen molar-refractivity contribution in [2.24, 2.45) is 10.9 Å². The summed E-state index contributed by atoms with van der Waals surface area (Å²) in [4.78, 5) is 8.47. The maximum Gasteiger partial charge on any atom is 0.191 e. The molecule has 1 fully saturated rings. The third-order valence-electron chi connectivity index (χ3n) is 4.19. The molecule has 1 saturated heterocycles. The van der Waals surface area contributed by atoms with Gasteiger partial charge in [-0.05, 0) is 50.2 Å². The third-order valence-corrected chi connectivity index (χ3v) is 5.06. The summed E-state index contributed by atoms with van der Waals surface area (Å²) in [6, 6.07) is 4.21. The molecule has 2 N–H and O–H groups in total. The Kier molecular flexibility index (Phi) is 11.7. The lowest BCUT2D eigenvalue weighted by molar-refractivity contribution is 0.121. The molecule has 0 atom stereocenters. The number of hydrogen-bond acceptors (Lipinski definition) is 4. The average Bonchev–Trinajstić information content (AvgIpc) is 3.10. The largest absolute Gasteiger partial charge is 0.383 e. The smallest absolute Gasteiger partial charge is 0.191 e. The lowest BCUT2D eigenvalue weighted by atomic mass is 9.97. The van der Waals surface area contributed by atoms with Crippen molar-refractivity contribution in [1.82, 2.24) is 15.5 Å². The SMILES string of the molecule is CCNC(=NCc1cccs1)NCC1CCN(CCOC)CC1.I. The Morgan fingerprint density at radius 2 is 2.17 bits per heavy atom. The first kappa shape index (κ1) is 21.7. The van der Waals surface area contributed by atoms with Crippen molar-refractivity contribution in [1.29, 1.82) is 0 Å². The normalized spacial score (nSPS) is 16.7. The highest BCUT2D eigenvalue weighted by Crippen LogP contribution is 2.16. The van der Waals surface area contributed by atoms with Gasteiger partial charge >= 0.3 is 0 Å². The van der Waals surface area contributed by atoms with Gasteiger partial charge in [-0.3, -0.25) is 0 Å². The molecule has 7 heteroatoms. The van der Waals surface area contributed by atoms with Crippen molar-refractivity contribution in [3.05, 3.63) is 22.4 Å². The van der Waals surface area contributed by atoms with Gasteiger partial charge in [0, 0.05) is 31.6 Å². The number of aliphatic imine (C=N–C) groups is 1. The van der Waals surface area contributed by atoms with E-state index < -0.39 is 0 Å². The highest BCUT2D eigenvalue weighted by molar-refractivity contribution is 14.0. The number of halogens is 1. The first-order chi connectivity index (χ1) is 11.3. The molecule has 24 heavy (non-hydrogen) atoms. The molecular formula is C17H31IN4OS. The Morgan fingerprint density at radius 1 is 1.38 bits per heavy atom. The predicted molar refractivity (Wildman–Crippen MR) is 114 cm³/mol. The fourth-order valence-electron chi connectivity index (χ4n) is 2.78. The van der Waals surface area contributed by atoms with E-state index >= 15 is 0 Å². The fourth-order valence-corrected chi connectivity index (χ4v) is 3.40. The number of nitrogens with zero attached hydrogens (tertiary/aromatic N) is 2. The number of likely N-dealkylation sites (tertiary alicyclic amines) is 1. The molecule has 0 aliphatic carbocycles. The summed E-state index contributed by atoms with van der Waals surface area (Å²) in [7, 11) is 1.77. The molecule has 0 saturated carbocycles. The predicted octanol–water partition coefficient (Wildman–Crippen LogP) is 2.78. The van der Waals surface area contributed by atoms with Gasteiger partial charge in [-0.25, -0.2) is 4.99 Å². The summed E-state index contributed by atoms with van der Waals surface area (Å²) in [5, 5.41) is 8.95. The molecule has 0 spiro atoms. The van der Waals surface area contributed by atoms with Crippen LogP contribution in [0.2, 0.25) is 0 Å². The van der Waals surface area contributed by atoms with E-state index in [1.807, 2.05) is 0 Å². The van der Waals surface area contributed by atoms with Gasteiger partial charge < -0.3 is 20.3 Å². The maximum absolute atomic E-state index is 5.16. The summed E-state index contributed by atoms with van der Waals surface area (Å²) < 4.78 is 5.16.